The molecular formula is C25H26FN3O4. The van der Waals surface area contributed by atoms with Gasteiger partial charge in [-0.2, -0.15) is 0 Å². The van der Waals surface area contributed by atoms with Crippen molar-refractivity contribution in [2.45, 2.75) is 25.3 Å². The third-order valence-electron chi connectivity index (χ3n) is 6.09. The number of aliphatic hydroxyl groups excluding tert-OH is 1. The van der Waals surface area contributed by atoms with E-state index in [-0.39, 0.29) is 17.5 Å². The molecule has 3 aromatic rings. The van der Waals surface area contributed by atoms with Gasteiger partial charge in [-0.1, -0.05) is 30.3 Å². The number of rotatable bonds is 7. The number of para-hydroxylation sites is 1. The summed E-state index contributed by atoms with van der Waals surface area (Å²) in [6, 6.07) is 12.5. The Labute approximate surface area is 190 Å². The molecule has 1 aromatic heterocycles. The second-order valence-corrected chi connectivity index (χ2v) is 8.28. The molecule has 7 nitrogen and oxygen atoms in total. The number of amides is 1. The summed E-state index contributed by atoms with van der Waals surface area (Å²) in [5.74, 6) is -1.30. The van der Waals surface area contributed by atoms with E-state index in [1.807, 2.05) is 24.3 Å². The van der Waals surface area contributed by atoms with Crippen LogP contribution in [0.15, 0.2) is 48.5 Å². The number of halogens is 1. The molecule has 4 N–H and O–H groups in total. The molecule has 0 radical (unpaired) electrons. The average molecular weight is 451 g/mol. The van der Waals surface area contributed by atoms with Crippen LogP contribution >= 0.6 is 0 Å². The summed E-state index contributed by atoms with van der Waals surface area (Å²) in [5, 5.41) is 19.0. The van der Waals surface area contributed by atoms with Gasteiger partial charge < -0.3 is 10.1 Å². The summed E-state index contributed by atoms with van der Waals surface area (Å²) in [6.45, 7) is 1.36. The van der Waals surface area contributed by atoms with Crippen LogP contribution in [0.25, 0.3) is 17.0 Å². The lowest BCUT2D eigenvalue weighted by Crippen LogP contribution is -2.34. The predicted octanol–water partition coefficient (Wildman–Crippen LogP) is 3.38. The van der Waals surface area contributed by atoms with E-state index in [0.717, 1.165) is 41.9 Å². The summed E-state index contributed by atoms with van der Waals surface area (Å²) in [4.78, 5) is 28.9. The van der Waals surface area contributed by atoms with E-state index >= 15 is 0 Å². The first-order valence-corrected chi connectivity index (χ1v) is 10.9. The third kappa shape index (κ3) is 5.03. The highest BCUT2D eigenvalue weighted by molar-refractivity contribution is 6.03. The molecule has 1 atom stereocenters. The first-order chi connectivity index (χ1) is 16.0. The molecule has 0 saturated carbocycles. The van der Waals surface area contributed by atoms with Crippen LogP contribution in [0, 0.1) is 5.82 Å². The average Bonchev–Trinajstić information content (AvgIpc) is 3.23. The second-order valence-electron chi connectivity index (χ2n) is 8.28. The van der Waals surface area contributed by atoms with Crippen molar-refractivity contribution in [1.82, 2.24) is 15.4 Å². The van der Waals surface area contributed by atoms with E-state index in [9.17, 15) is 19.1 Å². The first kappa shape index (κ1) is 22.8. The molecule has 0 spiro atoms. The van der Waals surface area contributed by atoms with Crippen LogP contribution in [0.5, 0.6) is 0 Å². The van der Waals surface area contributed by atoms with E-state index in [1.165, 1.54) is 17.6 Å². The molecule has 1 fully saturated rings. The van der Waals surface area contributed by atoms with Crippen molar-refractivity contribution >= 4 is 28.7 Å². The summed E-state index contributed by atoms with van der Waals surface area (Å²) in [7, 11) is 0. The number of nitrogens with zero attached hydrogens (tertiary/aromatic N) is 1. The number of carbonyl (C=O) groups is 2. The van der Waals surface area contributed by atoms with E-state index in [0.29, 0.717) is 29.9 Å². The molecule has 0 bridgehead atoms. The van der Waals surface area contributed by atoms with Crippen LogP contribution in [-0.2, 0) is 11.3 Å². The van der Waals surface area contributed by atoms with Crippen molar-refractivity contribution < 1.29 is 24.3 Å². The minimum absolute atomic E-state index is 0.0858. The molecule has 1 saturated heterocycles. The number of Topliss-reactive ketones (excluding diaryl/α,β-unsaturated/α-hetero) is 1. The standard InChI is InChI=1S/C25H26FN3O4/c26-20-12-16(8-10-23(32)28-33)7-9-17(20)13-29-11-3-4-18(14-29)24-19-5-1-2-6-21(19)27-25(24)22(31)15-30/h1-2,5-10,12,18,27,30,33H,3-4,11,13-15H2,(H,28,32)/b10-8+. The molecule has 1 aliphatic heterocycles. The van der Waals surface area contributed by atoms with Gasteiger partial charge in [0.25, 0.3) is 5.91 Å². The fourth-order valence-electron chi connectivity index (χ4n) is 4.57. The zero-order valence-corrected chi connectivity index (χ0v) is 18.1. The SMILES string of the molecule is O=C(/C=C/c1ccc(CN2CCCC(c3c(C(=O)CO)[nH]c4ccccc34)C2)c(F)c1)NO. The van der Waals surface area contributed by atoms with Crippen LogP contribution in [0.3, 0.4) is 0 Å². The molecule has 33 heavy (non-hydrogen) atoms. The quantitative estimate of drug-likeness (QED) is 0.191. The summed E-state index contributed by atoms with van der Waals surface area (Å²) < 4.78 is 14.7. The number of fused-ring (bicyclic) bond motifs is 1. The van der Waals surface area contributed by atoms with E-state index < -0.39 is 12.5 Å². The van der Waals surface area contributed by atoms with Crippen molar-refractivity contribution in [3.8, 4) is 0 Å². The van der Waals surface area contributed by atoms with Crippen LogP contribution in [-0.4, -0.2) is 51.6 Å². The van der Waals surface area contributed by atoms with Crippen molar-refractivity contribution in [2.75, 3.05) is 19.7 Å². The number of hydrogen-bond acceptors (Lipinski definition) is 5. The van der Waals surface area contributed by atoms with Gasteiger partial charge in [0.2, 0.25) is 5.78 Å². The number of likely N-dealkylation sites (tertiary alicyclic amines) is 1. The maximum absolute atomic E-state index is 14.7. The van der Waals surface area contributed by atoms with Crippen LogP contribution in [0.4, 0.5) is 4.39 Å². The highest BCUT2D eigenvalue weighted by Gasteiger charge is 2.28. The van der Waals surface area contributed by atoms with Gasteiger partial charge in [0.15, 0.2) is 0 Å². The Balaban J connectivity index is 1.54. The normalized spacial score (nSPS) is 17.0. The number of H-pyrrole nitrogens is 1. The van der Waals surface area contributed by atoms with Gasteiger partial charge in [0, 0.05) is 35.6 Å². The number of nitrogens with one attached hydrogen (secondary N) is 2. The Bertz CT molecular complexity index is 1200. The van der Waals surface area contributed by atoms with Gasteiger partial charge in [-0.25, -0.2) is 9.87 Å². The van der Waals surface area contributed by atoms with Gasteiger partial charge in [-0.15, -0.1) is 0 Å². The van der Waals surface area contributed by atoms with Gasteiger partial charge in [-0.3, -0.25) is 19.7 Å². The highest BCUT2D eigenvalue weighted by Crippen LogP contribution is 2.35. The Morgan fingerprint density at radius 2 is 2.06 bits per heavy atom. The lowest BCUT2D eigenvalue weighted by molar-refractivity contribution is -0.124. The number of carbonyl (C=O) groups excluding carboxylic acids is 2. The third-order valence-corrected chi connectivity index (χ3v) is 6.09. The molecule has 0 aliphatic carbocycles. The number of hydroxylamine groups is 1. The van der Waals surface area contributed by atoms with Gasteiger partial charge in [-0.05, 0) is 54.6 Å². The topological polar surface area (TPSA) is 106 Å². The lowest BCUT2D eigenvalue weighted by Gasteiger charge is -2.33. The molecule has 2 aromatic carbocycles. The Hall–Kier alpha value is -3.33. The molecule has 172 valence electrons. The van der Waals surface area contributed by atoms with Crippen molar-refractivity contribution in [2.24, 2.45) is 0 Å². The van der Waals surface area contributed by atoms with Crippen molar-refractivity contribution in [3.05, 3.63) is 76.7 Å². The van der Waals surface area contributed by atoms with Gasteiger partial charge in [0.05, 0.1) is 5.69 Å². The van der Waals surface area contributed by atoms with Crippen LogP contribution < -0.4 is 5.48 Å². The number of ketones is 1. The predicted molar refractivity (Wildman–Crippen MR) is 122 cm³/mol. The largest absolute Gasteiger partial charge is 0.388 e. The maximum atomic E-state index is 14.7. The molecule has 1 unspecified atom stereocenters. The Morgan fingerprint density at radius 3 is 2.82 bits per heavy atom. The number of aromatic nitrogens is 1. The molecule has 8 heteroatoms. The lowest BCUT2D eigenvalue weighted by atomic mass is 9.87. The Kier molecular flexibility index (Phi) is 6.98. The molecular weight excluding hydrogens is 425 g/mol. The number of piperidine rings is 1. The van der Waals surface area contributed by atoms with E-state index in [2.05, 4.69) is 9.88 Å². The maximum Gasteiger partial charge on any atom is 0.267 e. The van der Waals surface area contributed by atoms with E-state index in [1.54, 1.807) is 12.1 Å². The summed E-state index contributed by atoms with van der Waals surface area (Å²) in [6.07, 6.45) is 4.36. The second kappa shape index (κ2) is 10.1. The van der Waals surface area contributed by atoms with Crippen molar-refractivity contribution in [1.29, 1.82) is 0 Å². The minimum atomic E-state index is -0.685. The molecule has 1 aliphatic rings. The summed E-state index contributed by atoms with van der Waals surface area (Å²) >= 11 is 0. The fourth-order valence-corrected chi connectivity index (χ4v) is 4.57. The van der Waals surface area contributed by atoms with Crippen molar-refractivity contribution in [3.63, 3.8) is 0 Å². The fraction of sp³-hybridized carbons (Fsp3) is 0.280. The highest BCUT2D eigenvalue weighted by atomic mass is 19.1. The van der Waals surface area contributed by atoms with E-state index in [4.69, 9.17) is 5.21 Å². The zero-order chi connectivity index (χ0) is 23.4. The summed E-state index contributed by atoms with van der Waals surface area (Å²) in [5.41, 5.74) is 4.81. The first-order valence-electron chi connectivity index (χ1n) is 10.9. The molecule has 4 rings (SSSR count). The smallest absolute Gasteiger partial charge is 0.267 e. The number of aliphatic hydroxyl groups is 1. The number of benzene rings is 2. The zero-order valence-electron chi connectivity index (χ0n) is 18.1. The van der Waals surface area contributed by atoms with Crippen LogP contribution in [0.1, 0.15) is 45.9 Å². The number of aromatic amines is 1. The van der Waals surface area contributed by atoms with Gasteiger partial charge in [0.1, 0.15) is 12.4 Å². The molecule has 1 amide bonds. The monoisotopic (exact) mass is 451 g/mol. The number of hydrogen-bond donors (Lipinski definition) is 4. The minimum Gasteiger partial charge on any atom is -0.388 e. The molecule has 2 heterocycles. The van der Waals surface area contributed by atoms with Gasteiger partial charge >= 0.3 is 0 Å². The Morgan fingerprint density at radius 1 is 1.24 bits per heavy atom. The van der Waals surface area contributed by atoms with Crippen LogP contribution in [0.2, 0.25) is 0 Å².